The summed E-state index contributed by atoms with van der Waals surface area (Å²) in [6.07, 6.45) is 8.65. The molecule has 1 aromatic carbocycles. The summed E-state index contributed by atoms with van der Waals surface area (Å²) in [5.41, 5.74) is 5.17. The van der Waals surface area contributed by atoms with E-state index in [4.69, 9.17) is 6.42 Å². The number of hydrogen-bond donors (Lipinski definition) is 0. The van der Waals surface area contributed by atoms with Crippen LogP contribution in [0, 0.1) is 24.2 Å². The zero-order valence-corrected chi connectivity index (χ0v) is 15.0. The molecule has 0 saturated carbocycles. The molecule has 0 amide bonds. The van der Waals surface area contributed by atoms with Crippen molar-refractivity contribution in [3.05, 3.63) is 54.1 Å². The molecule has 1 heteroatoms. The molecule has 122 valence electrons. The van der Waals surface area contributed by atoms with E-state index in [1.165, 1.54) is 5.56 Å². The summed E-state index contributed by atoms with van der Waals surface area (Å²) in [5, 5.41) is 0. The standard InChI is InChI=1S/C22H29N/c1-8-10-22(17(5)9-2)15-20-11-13-21(14-12-20)19(7)23-18(6)16(3)4/h2,11-14,16,22H,5,7-8,10,15H2,1,3-4,6H3. The summed E-state index contributed by atoms with van der Waals surface area (Å²) in [6, 6.07) is 8.48. The average molecular weight is 307 g/mol. The topological polar surface area (TPSA) is 12.4 Å². The van der Waals surface area contributed by atoms with Crippen LogP contribution in [0.25, 0.3) is 5.70 Å². The fourth-order valence-corrected chi connectivity index (χ4v) is 2.39. The molecule has 1 aromatic rings. The smallest absolute Gasteiger partial charge is 0.0629 e. The molecule has 0 saturated heterocycles. The van der Waals surface area contributed by atoms with E-state index < -0.39 is 0 Å². The minimum absolute atomic E-state index is 0.361. The molecular weight excluding hydrogens is 278 g/mol. The predicted molar refractivity (Wildman–Crippen MR) is 103 cm³/mol. The van der Waals surface area contributed by atoms with E-state index in [2.05, 4.69) is 69.1 Å². The Hall–Kier alpha value is -2.07. The van der Waals surface area contributed by atoms with Gasteiger partial charge in [-0.05, 0) is 48.3 Å². The van der Waals surface area contributed by atoms with E-state index in [0.717, 1.165) is 41.8 Å². The quantitative estimate of drug-likeness (QED) is 0.417. The third-order valence-electron chi connectivity index (χ3n) is 4.23. The van der Waals surface area contributed by atoms with Crippen molar-refractivity contribution in [2.45, 2.75) is 47.0 Å². The van der Waals surface area contributed by atoms with Gasteiger partial charge in [0.05, 0.1) is 5.70 Å². The highest BCUT2D eigenvalue weighted by molar-refractivity contribution is 5.88. The molecule has 0 aliphatic heterocycles. The summed E-state index contributed by atoms with van der Waals surface area (Å²) in [5.74, 6) is 3.51. The van der Waals surface area contributed by atoms with Gasteiger partial charge < -0.3 is 0 Å². The Morgan fingerprint density at radius 3 is 2.30 bits per heavy atom. The zero-order valence-electron chi connectivity index (χ0n) is 15.0. The minimum Gasteiger partial charge on any atom is -0.258 e. The summed E-state index contributed by atoms with van der Waals surface area (Å²) in [4.78, 5) is 4.59. The Morgan fingerprint density at radius 1 is 1.22 bits per heavy atom. The third-order valence-corrected chi connectivity index (χ3v) is 4.23. The van der Waals surface area contributed by atoms with Crippen molar-refractivity contribution in [1.82, 2.24) is 0 Å². The molecule has 1 rings (SSSR count). The lowest BCUT2D eigenvalue weighted by molar-refractivity contribution is 0.562. The fourth-order valence-electron chi connectivity index (χ4n) is 2.39. The second-order valence-corrected chi connectivity index (χ2v) is 6.41. The summed E-state index contributed by atoms with van der Waals surface area (Å²) in [6.45, 7) is 16.6. The zero-order chi connectivity index (χ0) is 17.4. The SMILES string of the molecule is C#CC(=C)C(CCC)Cc1ccc(C(=C)N=C(C)C(C)C)cc1. The third kappa shape index (κ3) is 5.91. The maximum absolute atomic E-state index is 5.52. The first-order valence-electron chi connectivity index (χ1n) is 8.37. The van der Waals surface area contributed by atoms with Crippen LogP contribution < -0.4 is 0 Å². The summed E-state index contributed by atoms with van der Waals surface area (Å²) >= 11 is 0. The van der Waals surface area contributed by atoms with Crippen LogP contribution in [0.3, 0.4) is 0 Å². The predicted octanol–water partition coefficient (Wildman–Crippen LogP) is 5.92. The molecule has 0 spiro atoms. The van der Waals surface area contributed by atoms with Crippen molar-refractivity contribution in [1.29, 1.82) is 0 Å². The number of aliphatic imine (C=N–C) groups is 1. The van der Waals surface area contributed by atoms with E-state index >= 15 is 0 Å². The molecule has 1 nitrogen and oxygen atoms in total. The maximum atomic E-state index is 5.52. The number of terminal acetylenes is 1. The van der Waals surface area contributed by atoms with Crippen LogP contribution in [0.4, 0.5) is 0 Å². The first kappa shape index (κ1) is 19.0. The number of benzene rings is 1. The second kappa shape index (κ2) is 9.16. The van der Waals surface area contributed by atoms with Crippen molar-refractivity contribution in [2.24, 2.45) is 16.8 Å². The molecule has 0 bridgehead atoms. The van der Waals surface area contributed by atoms with Gasteiger partial charge in [0, 0.05) is 5.71 Å². The maximum Gasteiger partial charge on any atom is 0.0629 e. The van der Waals surface area contributed by atoms with Crippen molar-refractivity contribution in [3.63, 3.8) is 0 Å². The molecule has 1 atom stereocenters. The van der Waals surface area contributed by atoms with Gasteiger partial charge in [0.15, 0.2) is 0 Å². The van der Waals surface area contributed by atoms with Gasteiger partial charge in [-0.15, -0.1) is 6.42 Å². The van der Waals surface area contributed by atoms with Gasteiger partial charge in [0.1, 0.15) is 0 Å². The number of nitrogens with zero attached hydrogens (tertiary/aromatic N) is 1. The Labute approximate surface area is 142 Å². The monoisotopic (exact) mass is 307 g/mol. The van der Waals surface area contributed by atoms with Crippen LogP contribution in [0.15, 0.2) is 48.0 Å². The van der Waals surface area contributed by atoms with Gasteiger partial charge in [-0.25, -0.2) is 0 Å². The van der Waals surface area contributed by atoms with Gasteiger partial charge in [0.25, 0.3) is 0 Å². The minimum atomic E-state index is 0.361. The fraction of sp³-hybridized carbons (Fsp3) is 0.409. The Morgan fingerprint density at radius 2 is 1.83 bits per heavy atom. The highest BCUT2D eigenvalue weighted by atomic mass is 14.8. The molecule has 0 aliphatic rings. The second-order valence-electron chi connectivity index (χ2n) is 6.41. The lowest BCUT2D eigenvalue weighted by Gasteiger charge is -2.15. The van der Waals surface area contributed by atoms with Crippen molar-refractivity contribution < 1.29 is 0 Å². The normalized spacial score (nSPS) is 12.8. The van der Waals surface area contributed by atoms with Crippen LogP contribution in [-0.4, -0.2) is 5.71 Å². The van der Waals surface area contributed by atoms with E-state index in [1.807, 2.05) is 6.92 Å². The molecule has 0 N–H and O–H groups in total. The van der Waals surface area contributed by atoms with Crippen LogP contribution in [0.1, 0.15) is 51.7 Å². The van der Waals surface area contributed by atoms with E-state index in [0.29, 0.717) is 11.8 Å². The highest BCUT2D eigenvalue weighted by Gasteiger charge is 2.11. The van der Waals surface area contributed by atoms with Crippen molar-refractivity contribution >= 4 is 11.4 Å². The Bertz CT molecular complexity index is 608. The van der Waals surface area contributed by atoms with Crippen LogP contribution in [0.2, 0.25) is 0 Å². The van der Waals surface area contributed by atoms with Gasteiger partial charge >= 0.3 is 0 Å². The molecule has 0 radical (unpaired) electrons. The van der Waals surface area contributed by atoms with Crippen LogP contribution in [-0.2, 0) is 6.42 Å². The van der Waals surface area contributed by atoms with Gasteiger partial charge in [0.2, 0.25) is 0 Å². The molecule has 0 aromatic heterocycles. The molecule has 0 heterocycles. The molecule has 0 aliphatic carbocycles. The molecule has 1 unspecified atom stereocenters. The average Bonchev–Trinajstić information content (AvgIpc) is 2.54. The molecular formula is C22H29N. The highest BCUT2D eigenvalue weighted by Crippen LogP contribution is 2.22. The van der Waals surface area contributed by atoms with Gasteiger partial charge in [-0.2, -0.15) is 0 Å². The summed E-state index contributed by atoms with van der Waals surface area (Å²) < 4.78 is 0. The number of hydrogen-bond acceptors (Lipinski definition) is 1. The van der Waals surface area contributed by atoms with Gasteiger partial charge in [-0.1, -0.05) is 70.5 Å². The first-order chi connectivity index (χ1) is 10.9. The Kier molecular flexibility index (Phi) is 7.55. The lowest BCUT2D eigenvalue weighted by atomic mass is 9.89. The summed E-state index contributed by atoms with van der Waals surface area (Å²) in [7, 11) is 0. The van der Waals surface area contributed by atoms with Crippen molar-refractivity contribution in [3.8, 4) is 12.3 Å². The largest absolute Gasteiger partial charge is 0.258 e. The number of allylic oxidation sites excluding steroid dienone is 1. The Balaban J connectivity index is 2.84. The van der Waals surface area contributed by atoms with E-state index in [-0.39, 0.29) is 0 Å². The van der Waals surface area contributed by atoms with Gasteiger partial charge in [-0.3, -0.25) is 4.99 Å². The van der Waals surface area contributed by atoms with E-state index in [9.17, 15) is 0 Å². The van der Waals surface area contributed by atoms with Crippen LogP contribution >= 0.6 is 0 Å². The molecule has 23 heavy (non-hydrogen) atoms. The lowest BCUT2D eigenvalue weighted by Crippen LogP contribution is -2.06. The van der Waals surface area contributed by atoms with E-state index in [1.54, 1.807) is 0 Å². The first-order valence-corrected chi connectivity index (χ1v) is 8.37. The number of rotatable bonds is 8. The molecule has 0 fully saturated rings. The van der Waals surface area contributed by atoms with Crippen molar-refractivity contribution in [2.75, 3.05) is 0 Å². The van der Waals surface area contributed by atoms with Crippen LogP contribution in [0.5, 0.6) is 0 Å².